The number of rotatable bonds is 7. The largest absolute Gasteiger partial charge is 0.481 e. The third-order valence-electron chi connectivity index (χ3n) is 3.44. The fraction of sp³-hybridized carbons (Fsp3) is 0.353. The molecule has 21 heavy (non-hydrogen) atoms. The van der Waals surface area contributed by atoms with Crippen LogP contribution in [-0.2, 0) is 6.54 Å². The van der Waals surface area contributed by atoms with Gasteiger partial charge in [0.05, 0.1) is 12.8 Å². The van der Waals surface area contributed by atoms with Crippen LogP contribution in [-0.4, -0.2) is 37.6 Å². The minimum atomic E-state index is 0.344. The van der Waals surface area contributed by atoms with E-state index in [1.54, 1.807) is 7.11 Å². The average molecular weight is 285 g/mol. The number of pyridine rings is 1. The van der Waals surface area contributed by atoms with Crippen molar-refractivity contribution < 1.29 is 4.74 Å². The number of hydrogen-bond acceptors (Lipinski definition) is 4. The lowest BCUT2D eigenvalue weighted by atomic mass is 10.1. The number of nitrogens with one attached hydrogen (secondary N) is 1. The Morgan fingerprint density at radius 3 is 2.52 bits per heavy atom. The van der Waals surface area contributed by atoms with Gasteiger partial charge in [-0.05, 0) is 25.7 Å². The van der Waals surface area contributed by atoms with Crippen molar-refractivity contribution in [3.05, 3.63) is 59.8 Å². The average Bonchev–Trinajstić information content (AvgIpc) is 2.52. The molecule has 2 aromatic rings. The molecule has 0 saturated carbocycles. The van der Waals surface area contributed by atoms with Gasteiger partial charge in [-0.1, -0.05) is 36.4 Å². The van der Waals surface area contributed by atoms with Crippen molar-refractivity contribution in [1.82, 2.24) is 15.2 Å². The molecule has 0 aliphatic rings. The van der Waals surface area contributed by atoms with Gasteiger partial charge in [0.2, 0.25) is 5.88 Å². The molecular weight excluding hydrogens is 262 g/mol. The summed E-state index contributed by atoms with van der Waals surface area (Å²) in [6.45, 7) is 1.60. The third-order valence-corrected chi connectivity index (χ3v) is 3.44. The van der Waals surface area contributed by atoms with E-state index in [0.717, 1.165) is 18.8 Å². The second-order valence-corrected chi connectivity index (χ2v) is 5.19. The van der Waals surface area contributed by atoms with Gasteiger partial charge >= 0.3 is 0 Å². The molecule has 1 heterocycles. The lowest BCUT2D eigenvalue weighted by molar-refractivity contribution is 0.288. The minimum Gasteiger partial charge on any atom is -0.481 e. The van der Waals surface area contributed by atoms with Crippen LogP contribution in [0.25, 0.3) is 0 Å². The van der Waals surface area contributed by atoms with E-state index >= 15 is 0 Å². The van der Waals surface area contributed by atoms with Gasteiger partial charge < -0.3 is 15.0 Å². The van der Waals surface area contributed by atoms with E-state index in [2.05, 4.69) is 53.6 Å². The van der Waals surface area contributed by atoms with Crippen molar-refractivity contribution in [3.63, 3.8) is 0 Å². The summed E-state index contributed by atoms with van der Waals surface area (Å²) in [7, 11) is 5.84. The second kappa shape index (κ2) is 7.76. The topological polar surface area (TPSA) is 37.4 Å². The molecule has 4 nitrogen and oxygen atoms in total. The highest BCUT2D eigenvalue weighted by atomic mass is 16.5. The number of nitrogens with zero attached hydrogens (tertiary/aromatic N) is 2. The highest BCUT2D eigenvalue weighted by Gasteiger charge is 2.13. The Balaban J connectivity index is 1.93. The van der Waals surface area contributed by atoms with Gasteiger partial charge in [0, 0.05) is 25.2 Å². The van der Waals surface area contributed by atoms with Crippen molar-refractivity contribution in [1.29, 1.82) is 0 Å². The highest BCUT2D eigenvalue weighted by Crippen LogP contribution is 2.16. The SMILES string of the molecule is COc1cccc(CNCC(c2ccccc2)N(C)C)n1. The molecule has 0 spiro atoms. The van der Waals surface area contributed by atoms with Gasteiger partial charge in [-0.15, -0.1) is 0 Å². The van der Waals surface area contributed by atoms with E-state index in [4.69, 9.17) is 4.74 Å². The van der Waals surface area contributed by atoms with Crippen molar-refractivity contribution in [2.24, 2.45) is 0 Å². The summed E-state index contributed by atoms with van der Waals surface area (Å²) in [4.78, 5) is 6.63. The van der Waals surface area contributed by atoms with Crippen molar-refractivity contribution >= 4 is 0 Å². The summed E-state index contributed by atoms with van der Waals surface area (Å²) >= 11 is 0. The minimum absolute atomic E-state index is 0.344. The zero-order chi connectivity index (χ0) is 15.1. The van der Waals surface area contributed by atoms with Gasteiger partial charge in [-0.25, -0.2) is 4.98 Å². The molecule has 1 unspecified atom stereocenters. The lowest BCUT2D eigenvalue weighted by Gasteiger charge is -2.25. The number of aromatic nitrogens is 1. The molecule has 1 aromatic heterocycles. The van der Waals surface area contributed by atoms with Crippen LogP contribution in [0.5, 0.6) is 5.88 Å². The van der Waals surface area contributed by atoms with Gasteiger partial charge in [0.15, 0.2) is 0 Å². The van der Waals surface area contributed by atoms with Crippen molar-refractivity contribution in [2.45, 2.75) is 12.6 Å². The van der Waals surface area contributed by atoms with Crippen molar-refractivity contribution in [3.8, 4) is 5.88 Å². The maximum absolute atomic E-state index is 5.14. The van der Waals surface area contributed by atoms with E-state index in [9.17, 15) is 0 Å². The molecule has 0 fully saturated rings. The molecular formula is C17H23N3O. The first kappa shape index (κ1) is 15.5. The summed E-state index contributed by atoms with van der Waals surface area (Å²) in [6.07, 6.45) is 0. The smallest absolute Gasteiger partial charge is 0.213 e. The Kier molecular flexibility index (Phi) is 5.72. The zero-order valence-corrected chi connectivity index (χ0v) is 12.9. The molecule has 1 atom stereocenters. The van der Waals surface area contributed by atoms with Crippen LogP contribution < -0.4 is 10.1 Å². The molecule has 0 radical (unpaired) electrons. The van der Waals surface area contributed by atoms with E-state index in [1.807, 2.05) is 24.3 Å². The van der Waals surface area contributed by atoms with Gasteiger partial charge in [0.25, 0.3) is 0 Å². The molecule has 0 aliphatic heterocycles. The Bertz CT molecular complexity index is 543. The Morgan fingerprint density at radius 1 is 1.10 bits per heavy atom. The quantitative estimate of drug-likeness (QED) is 0.848. The molecule has 1 aromatic carbocycles. The number of methoxy groups -OCH3 is 1. The molecule has 1 N–H and O–H groups in total. The van der Waals surface area contributed by atoms with Crippen LogP contribution in [0.2, 0.25) is 0 Å². The lowest BCUT2D eigenvalue weighted by Crippen LogP contribution is -2.31. The fourth-order valence-corrected chi connectivity index (χ4v) is 2.28. The summed E-state index contributed by atoms with van der Waals surface area (Å²) < 4.78 is 5.14. The first-order valence-corrected chi connectivity index (χ1v) is 7.12. The number of ether oxygens (including phenoxy) is 1. The van der Waals surface area contributed by atoms with E-state index in [1.165, 1.54) is 5.56 Å². The molecule has 2 rings (SSSR count). The molecule has 0 amide bonds. The number of likely N-dealkylation sites (N-methyl/N-ethyl adjacent to an activating group) is 1. The second-order valence-electron chi connectivity index (χ2n) is 5.19. The number of benzene rings is 1. The van der Waals surface area contributed by atoms with Gasteiger partial charge in [-0.3, -0.25) is 0 Å². The molecule has 4 heteroatoms. The zero-order valence-electron chi connectivity index (χ0n) is 12.9. The first-order valence-electron chi connectivity index (χ1n) is 7.12. The van der Waals surface area contributed by atoms with Crippen LogP contribution in [0.4, 0.5) is 0 Å². The van der Waals surface area contributed by atoms with Gasteiger partial charge in [0.1, 0.15) is 0 Å². The van der Waals surface area contributed by atoms with Crippen LogP contribution in [0, 0.1) is 0 Å². The molecule has 0 bridgehead atoms. The van der Waals surface area contributed by atoms with E-state index < -0.39 is 0 Å². The summed E-state index contributed by atoms with van der Waals surface area (Å²) in [5.41, 5.74) is 2.30. The van der Waals surface area contributed by atoms with Crippen LogP contribution in [0.3, 0.4) is 0 Å². The molecule has 0 aliphatic carbocycles. The standard InChI is InChI=1S/C17H23N3O/c1-20(2)16(14-8-5-4-6-9-14)13-18-12-15-10-7-11-17(19-15)21-3/h4-11,16,18H,12-13H2,1-3H3. The predicted molar refractivity (Wildman–Crippen MR) is 85.4 cm³/mol. The number of hydrogen-bond donors (Lipinski definition) is 1. The Hall–Kier alpha value is -1.91. The normalized spacial score (nSPS) is 12.4. The monoisotopic (exact) mass is 285 g/mol. The van der Waals surface area contributed by atoms with E-state index in [-0.39, 0.29) is 0 Å². The van der Waals surface area contributed by atoms with Crippen LogP contribution in [0.1, 0.15) is 17.3 Å². The Morgan fingerprint density at radius 2 is 1.86 bits per heavy atom. The van der Waals surface area contributed by atoms with Crippen LogP contribution in [0.15, 0.2) is 48.5 Å². The van der Waals surface area contributed by atoms with E-state index in [0.29, 0.717) is 11.9 Å². The maximum Gasteiger partial charge on any atom is 0.213 e. The fourth-order valence-electron chi connectivity index (χ4n) is 2.28. The van der Waals surface area contributed by atoms with Crippen LogP contribution >= 0.6 is 0 Å². The van der Waals surface area contributed by atoms with Crippen molar-refractivity contribution in [2.75, 3.05) is 27.7 Å². The predicted octanol–water partition coefficient (Wildman–Crippen LogP) is 2.48. The maximum atomic E-state index is 5.14. The summed E-state index contributed by atoms with van der Waals surface area (Å²) in [6, 6.07) is 16.7. The molecule has 112 valence electrons. The molecule has 0 saturated heterocycles. The Labute approximate surface area is 126 Å². The highest BCUT2D eigenvalue weighted by molar-refractivity contribution is 5.19. The summed E-state index contributed by atoms with van der Waals surface area (Å²) in [5, 5.41) is 3.47. The summed E-state index contributed by atoms with van der Waals surface area (Å²) in [5.74, 6) is 0.654. The first-order chi connectivity index (χ1) is 10.2. The van der Waals surface area contributed by atoms with Gasteiger partial charge in [-0.2, -0.15) is 0 Å². The third kappa shape index (κ3) is 4.55.